The van der Waals surface area contributed by atoms with Crippen LogP contribution in [0.3, 0.4) is 0 Å². The zero-order valence-corrected chi connectivity index (χ0v) is 8.50. The number of nitrogen functional groups attached to an aromatic ring is 1. The van der Waals surface area contributed by atoms with Crippen molar-refractivity contribution in [1.82, 2.24) is 10.3 Å². The summed E-state index contributed by atoms with van der Waals surface area (Å²) in [7, 11) is 0. The number of anilines is 2. The van der Waals surface area contributed by atoms with Crippen LogP contribution in [0.2, 0.25) is 5.02 Å². The molecule has 0 fully saturated rings. The standard InChI is InChI=1S/C8H7ClN4O2/c1-3(14)11-7-5(10)2-4(9)6-8(7)13-15-12-6/h2H,10H2,1H3,(H,11,14). The first kappa shape index (κ1) is 9.72. The number of nitrogens with one attached hydrogen (secondary N) is 1. The smallest absolute Gasteiger partial charge is 0.221 e. The summed E-state index contributed by atoms with van der Waals surface area (Å²) in [5.41, 5.74) is 7.08. The minimum atomic E-state index is -0.256. The van der Waals surface area contributed by atoms with Crippen molar-refractivity contribution in [2.75, 3.05) is 11.1 Å². The van der Waals surface area contributed by atoms with Gasteiger partial charge in [0.2, 0.25) is 5.91 Å². The van der Waals surface area contributed by atoms with Crippen LogP contribution in [0.1, 0.15) is 6.92 Å². The van der Waals surface area contributed by atoms with Crippen LogP contribution in [0.4, 0.5) is 11.4 Å². The molecule has 0 saturated heterocycles. The molecule has 0 aliphatic heterocycles. The number of carbonyl (C=O) groups is 1. The maximum Gasteiger partial charge on any atom is 0.221 e. The van der Waals surface area contributed by atoms with Crippen LogP contribution in [-0.4, -0.2) is 16.2 Å². The molecule has 78 valence electrons. The molecule has 0 radical (unpaired) electrons. The van der Waals surface area contributed by atoms with Crippen LogP contribution in [-0.2, 0) is 4.79 Å². The van der Waals surface area contributed by atoms with Gasteiger partial charge < -0.3 is 11.1 Å². The van der Waals surface area contributed by atoms with Crippen molar-refractivity contribution >= 4 is 39.9 Å². The lowest BCUT2D eigenvalue weighted by atomic mass is 10.2. The Bertz CT molecular complexity index is 537. The number of amides is 1. The molecule has 1 aromatic heterocycles. The molecule has 15 heavy (non-hydrogen) atoms. The number of nitrogens with two attached hydrogens (primary N) is 1. The molecule has 0 atom stereocenters. The summed E-state index contributed by atoms with van der Waals surface area (Å²) in [5.74, 6) is -0.256. The number of aromatic nitrogens is 2. The van der Waals surface area contributed by atoms with Crippen molar-refractivity contribution in [1.29, 1.82) is 0 Å². The Morgan fingerprint density at radius 3 is 2.87 bits per heavy atom. The van der Waals surface area contributed by atoms with E-state index in [0.29, 0.717) is 27.4 Å². The van der Waals surface area contributed by atoms with E-state index in [9.17, 15) is 4.79 Å². The molecule has 2 rings (SSSR count). The summed E-state index contributed by atoms with van der Waals surface area (Å²) in [6.45, 7) is 1.37. The predicted molar refractivity (Wildman–Crippen MR) is 55.5 cm³/mol. The molecule has 0 aliphatic rings. The van der Waals surface area contributed by atoms with Crippen LogP contribution in [0.25, 0.3) is 11.0 Å². The lowest BCUT2D eigenvalue weighted by Crippen LogP contribution is -2.08. The Kier molecular flexibility index (Phi) is 2.20. The highest BCUT2D eigenvalue weighted by atomic mass is 35.5. The molecule has 0 aliphatic carbocycles. The molecule has 6 nitrogen and oxygen atoms in total. The van der Waals surface area contributed by atoms with Crippen LogP contribution in [0.15, 0.2) is 10.7 Å². The van der Waals surface area contributed by atoms with E-state index in [0.717, 1.165) is 0 Å². The second-order valence-electron chi connectivity index (χ2n) is 2.97. The third-order valence-corrected chi connectivity index (χ3v) is 2.11. The average molecular weight is 227 g/mol. The lowest BCUT2D eigenvalue weighted by Gasteiger charge is -2.06. The number of fused-ring (bicyclic) bond motifs is 1. The molecule has 0 spiro atoms. The topological polar surface area (TPSA) is 94.0 Å². The SMILES string of the molecule is CC(=O)Nc1c(N)cc(Cl)c2nonc12. The van der Waals surface area contributed by atoms with Gasteiger partial charge in [-0.25, -0.2) is 4.63 Å². The van der Waals surface area contributed by atoms with Gasteiger partial charge in [-0.05, 0) is 16.4 Å². The summed E-state index contributed by atoms with van der Waals surface area (Å²) in [5, 5.41) is 10.1. The van der Waals surface area contributed by atoms with Gasteiger partial charge in [-0.1, -0.05) is 11.6 Å². The van der Waals surface area contributed by atoms with Gasteiger partial charge in [0.15, 0.2) is 11.0 Å². The Morgan fingerprint density at radius 1 is 1.53 bits per heavy atom. The fourth-order valence-electron chi connectivity index (χ4n) is 1.23. The zero-order chi connectivity index (χ0) is 11.0. The van der Waals surface area contributed by atoms with Gasteiger partial charge in [0.1, 0.15) is 0 Å². The van der Waals surface area contributed by atoms with E-state index in [1.54, 1.807) is 0 Å². The molecule has 2 aromatic rings. The fourth-order valence-corrected chi connectivity index (χ4v) is 1.47. The molecular weight excluding hydrogens is 220 g/mol. The number of benzene rings is 1. The molecule has 0 bridgehead atoms. The minimum absolute atomic E-state index is 0.256. The second-order valence-corrected chi connectivity index (χ2v) is 3.37. The third-order valence-electron chi connectivity index (χ3n) is 1.82. The molecule has 0 saturated carbocycles. The lowest BCUT2D eigenvalue weighted by molar-refractivity contribution is -0.114. The molecule has 7 heteroatoms. The van der Waals surface area contributed by atoms with Gasteiger partial charge in [-0.3, -0.25) is 4.79 Å². The average Bonchev–Trinajstić information content (AvgIpc) is 2.60. The fraction of sp³-hybridized carbons (Fsp3) is 0.125. The van der Waals surface area contributed by atoms with E-state index in [1.165, 1.54) is 13.0 Å². The second kappa shape index (κ2) is 3.39. The minimum Gasteiger partial charge on any atom is -0.397 e. The van der Waals surface area contributed by atoms with Gasteiger partial charge >= 0.3 is 0 Å². The Morgan fingerprint density at radius 2 is 2.20 bits per heavy atom. The maximum absolute atomic E-state index is 10.9. The summed E-state index contributed by atoms with van der Waals surface area (Å²) < 4.78 is 4.53. The van der Waals surface area contributed by atoms with E-state index in [1.807, 2.05) is 0 Å². The van der Waals surface area contributed by atoms with E-state index >= 15 is 0 Å². The van der Waals surface area contributed by atoms with Crippen LogP contribution in [0, 0.1) is 0 Å². The first-order chi connectivity index (χ1) is 7.09. The summed E-state index contributed by atoms with van der Waals surface area (Å²) in [6.07, 6.45) is 0. The highest BCUT2D eigenvalue weighted by Crippen LogP contribution is 2.32. The number of rotatable bonds is 1. The molecule has 1 heterocycles. The third kappa shape index (κ3) is 1.59. The summed E-state index contributed by atoms with van der Waals surface area (Å²) in [6, 6.07) is 1.49. The van der Waals surface area contributed by atoms with Gasteiger partial charge in [-0.15, -0.1) is 0 Å². The van der Waals surface area contributed by atoms with E-state index in [2.05, 4.69) is 20.3 Å². The number of hydrogen-bond acceptors (Lipinski definition) is 5. The molecule has 3 N–H and O–H groups in total. The number of nitrogens with zero attached hydrogens (tertiary/aromatic N) is 2. The van der Waals surface area contributed by atoms with Crippen molar-refractivity contribution in [3.63, 3.8) is 0 Å². The van der Waals surface area contributed by atoms with E-state index in [-0.39, 0.29) is 5.91 Å². The van der Waals surface area contributed by atoms with Crippen molar-refractivity contribution in [3.05, 3.63) is 11.1 Å². The van der Waals surface area contributed by atoms with Crippen LogP contribution in [0.5, 0.6) is 0 Å². The number of halogens is 1. The first-order valence-corrected chi connectivity index (χ1v) is 4.45. The zero-order valence-electron chi connectivity index (χ0n) is 7.74. The Labute approximate surface area is 89.3 Å². The monoisotopic (exact) mass is 226 g/mol. The Hall–Kier alpha value is -1.82. The van der Waals surface area contributed by atoms with Crippen molar-refractivity contribution in [3.8, 4) is 0 Å². The Balaban J connectivity index is 2.71. The maximum atomic E-state index is 10.9. The van der Waals surface area contributed by atoms with Crippen molar-refractivity contribution in [2.45, 2.75) is 6.92 Å². The highest BCUT2D eigenvalue weighted by molar-refractivity contribution is 6.36. The van der Waals surface area contributed by atoms with Crippen molar-refractivity contribution in [2.24, 2.45) is 0 Å². The summed E-state index contributed by atoms with van der Waals surface area (Å²) in [4.78, 5) is 10.9. The van der Waals surface area contributed by atoms with Gasteiger partial charge in [0.25, 0.3) is 0 Å². The number of hydrogen-bond donors (Lipinski definition) is 2. The largest absolute Gasteiger partial charge is 0.397 e. The molecular formula is C8H7ClN4O2. The van der Waals surface area contributed by atoms with Crippen LogP contribution < -0.4 is 11.1 Å². The van der Waals surface area contributed by atoms with Gasteiger partial charge in [0, 0.05) is 6.92 Å². The summed E-state index contributed by atoms with van der Waals surface area (Å²) >= 11 is 5.86. The van der Waals surface area contributed by atoms with Gasteiger partial charge in [-0.2, -0.15) is 0 Å². The molecule has 0 unspecified atom stereocenters. The highest BCUT2D eigenvalue weighted by Gasteiger charge is 2.15. The quantitative estimate of drug-likeness (QED) is 0.717. The van der Waals surface area contributed by atoms with E-state index in [4.69, 9.17) is 17.3 Å². The first-order valence-electron chi connectivity index (χ1n) is 4.07. The van der Waals surface area contributed by atoms with Crippen molar-refractivity contribution < 1.29 is 9.42 Å². The molecule has 1 aromatic carbocycles. The normalized spacial score (nSPS) is 10.5. The van der Waals surface area contributed by atoms with E-state index < -0.39 is 0 Å². The van der Waals surface area contributed by atoms with Crippen LogP contribution >= 0.6 is 11.6 Å². The predicted octanol–water partition coefficient (Wildman–Crippen LogP) is 1.42. The van der Waals surface area contributed by atoms with Gasteiger partial charge in [0.05, 0.1) is 16.4 Å². The number of carbonyl (C=O) groups excluding carboxylic acids is 1. The molecule has 1 amide bonds.